The number of piperidine rings is 1. The van der Waals surface area contributed by atoms with Crippen LogP contribution in [0.2, 0.25) is 0 Å². The van der Waals surface area contributed by atoms with E-state index in [1.165, 1.54) is 0 Å². The van der Waals surface area contributed by atoms with Crippen molar-refractivity contribution >= 4 is 17.5 Å². The number of carbonyl (C=O) groups is 1. The maximum absolute atomic E-state index is 11.7. The molecule has 21 heavy (non-hydrogen) atoms. The first-order valence-electron chi connectivity index (χ1n) is 7.37. The number of hydrazine groups is 1. The van der Waals surface area contributed by atoms with E-state index in [1.807, 2.05) is 6.07 Å². The van der Waals surface area contributed by atoms with Crippen molar-refractivity contribution in [3.63, 3.8) is 0 Å². The Morgan fingerprint density at radius 3 is 2.57 bits per heavy atom. The topological polar surface area (TPSA) is 96.2 Å². The predicted octanol–water partition coefficient (Wildman–Crippen LogP) is 0.848. The van der Waals surface area contributed by atoms with Crippen LogP contribution < -0.4 is 21.5 Å². The number of aromatic nitrogens is 2. The average Bonchev–Trinajstić information content (AvgIpc) is 2.53. The molecule has 1 aliphatic rings. The van der Waals surface area contributed by atoms with Crippen LogP contribution in [0.3, 0.4) is 0 Å². The molecule has 116 valence electrons. The van der Waals surface area contributed by atoms with Crippen LogP contribution in [-0.2, 0) is 4.79 Å². The van der Waals surface area contributed by atoms with Gasteiger partial charge in [-0.2, -0.15) is 0 Å². The van der Waals surface area contributed by atoms with E-state index in [4.69, 9.17) is 5.84 Å². The van der Waals surface area contributed by atoms with Crippen molar-refractivity contribution in [1.82, 2.24) is 15.3 Å². The first-order chi connectivity index (χ1) is 10.0. The number of hydrogen-bond acceptors (Lipinski definition) is 6. The van der Waals surface area contributed by atoms with Crippen LogP contribution in [0.15, 0.2) is 6.07 Å². The SMILES string of the molecule is CNC(=O)C1CCN(c2cc(NN)nc(C(C)C)n2)CC1. The van der Waals surface area contributed by atoms with E-state index in [0.717, 1.165) is 37.6 Å². The molecule has 0 radical (unpaired) electrons. The quantitative estimate of drug-likeness (QED) is 0.562. The minimum atomic E-state index is 0.102. The van der Waals surface area contributed by atoms with E-state index in [2.05, 4.69) is 39.5 Å². The van der Waals surface area contributed by atoms with Gasteiger partial charge in [0.1, 0.15) is 17.5 Å². The van der Waals surface area contributed by atoms with Crippen molar-refractivity contribution < 1.29 is 4.79 Å². The highest BCUT2D eigenvalue weighted by atomic mass is 16.1. The van der Waals surface area contributed by atoms with Crippen molar-refractivity contribution in [1.29, 1.82) is 0 Å². The smallest absolute Gasteiger partial charge is 0.222 e. The highest BCUT2D eigenvalue weighted by Crippen LogP contribution is 2.25. The zero-order valence-corrected chi connectivity index (χ0v) is 12.9. The molecule has 0 aliphatic carbocycles. The lowest BCUT2D eigenvalue weighted by Crippen LogP contribution is -2.40. The number of rotatable bonds is 4. The molecule has 4 N–H and O–H groups in total. The summed E-state index contributed by atoms with van der Waals surface area (Å²) in [6.45, 7) is 5.74. The van der Waals surface area contributed by atoms with Gasteiger partial charge in [-0.25, -0.2) is 15.8 Å². The Kier molecular flexibility index (Phi) is 4.95. The Morgan fingerprint density at radius 1 is 1.38 bits per heavy atom. The van der Waals surface area contributed by atoms with E-state index in [1.54, 1.807) is 7.05 Å². The number of amides is 1. The minimum absolute atomic E-state index is 0.102. The number of nitrogen functional groups attached to an aromatic ring is 1. The maximum atomic E-state index is 11.7. The van der Waals surface area contributed by atoms with E-state index >= 15 is 0 Å². The van der Waals surface area contributed by atoms with Gasteiger partial charge in [0.15, 0.2) is 0 Å². The number of hydrogen-bond donors (Lipinski definition) is 3. The fraction of sp³-hybridized carbons (Fsp3) is 0.643. The van der Waals surface area contributed by atoms with E-state index in [9.17, 15) is 4.79 Å². The molecular weight excluding hydrogens is 268 g/mol. The molecule has 1 aromatic rings. The molecule has 0 atom stereocenters. The summed E-state index contributed by atoms with van der Waals surface area (Å²) in [4.78, 5) is 22.8. The zero-order valence-electron chi connectivity index (χ0n) is 12.9. The molecule has 7 heteroatoms. The molecule has 1 amide bonds. The molecule has 1 saturated heterocycles. The molecule has 0 bridgehead atoms. The van der Waals surface area contributed by atoms with Gasteiger partial charge in [-0.05, 0) is 12.8 Å². The van der Waals surface area contributed by atoms with Crippen LogP contribution in [0.1, 0.15) is 38.4 Å². The predicted molar refractivity (Wildman–Crippen MR) is 82.9 cm³/mol. The van der Waals surface area contributed by atoms with Crippen LogP contribution >= 0.6 is 0 Å². The largest absolute Gasteiger partial charge is 0.359 e. The molecule has 1 aromatic heterocycles. The lowest BCUT2D eigenvalue weighted by Gasteiger charge is -2.32. The molecule has 2 rings (SSSR count). The van der Waals surface area contributed by atoms with Crippen molar-refractivity contribution in [3.05, 3.63) is 11.9 Å². The normalized spacial score (nSPS) is 16.1. The first kappa shape index (κ1) is 15.5. The highest BCUT2D eigenvalue weighted by Gasteiger charge is 2.25. The van der Waals surface area contributed by atoms with Crippen molar-refractivity contribution in [2.75, 3.05) is 30.5 Å². The summed E-state index contributed by atoms with van der Waals surface area (Å²) in [5.41, 5.74) is 2.60. The Morgan fingerprint density at radius 2 is 2.05 bits per heavy atom. The summed E-state index contributed by atoms with van der Waals surface area (Å²) in [5.74, 6) is 8.22. The summed E-state index contributed by atoms with van der Waals surface area (Å²) in [6.07, 6.45) is 1.68. The van der Waals surface area contributed by atoms with Gasteiger partial charge in [-0.15, -0.1) is 0 Å². The Hall–Kier alpha value is -1.89. The van der Waals surface area contributed by atoms with E-state index in [-0.39, 0.29) is 17.7 Å². The van der Waals surface area contributed by atoms with Crippen LogP contribution in [0.5, 0.6) is 0 Å². The fourth-order valence-corrected chi connectivity index (χ4v) is 2.52. The van der Waals surface area contributed by atoms with E-state index in [0.29, 0.717) is 5.82 Å². The molecule has 0 saturated carbocycles. The molecule has 1 aliphatic heterocycles. The summed E-state index contributed by atoms with van der Waals surface area (Å²) >= 11 is 0. The molecule has 2 heterocycles. The van der Waals surface area contributed by atoms with Gasteiger partial charge in [0.05, 0.1) is 0 Å². The summed E-state index contributed by atoms with van der Waals surface area (Å²) < 4.78 is 0. The molecule has 0 unspecified atom stereocenters. The van der Waals surface area contributed by atoms with E-state index < -0.39 is 0 Å². The number of nitrogens with two attached hydrogens (primary N) is 1. The number of nitrogens with zero attached hydrogens (tertiary/aromatic N) is 3. The maximum Gasteiger partial charge on any atom is 0.222 e. The first-order valence-corrected chi connectivity index (χ1v) is 7.37. The number of carbonyl (C=O) groups excluding carboxylic acids is 1. The fourth-order valence-electron chi connectivity index (χ4n) is 2.52. The van der Waals surface area contributed by atoms with Crippen LogP contribution in [0.25, 0.3) is 0 Å². The third-order valence-electron chi connectivity index (χ3n) is 3.83. The van der Waals surface area contributed by atoms with Gasteiger partial charge < -0.3 is 15.6 Å². The molecule has 7 nitrogen and oxygen atoms in total. The van der Waals surface area contributed by atoms with Crippen molar-refractivity contribution in [3.8, 4) is 0 Å². The van der Waals surface area contributed by atoms with Crippen molar-refractivity contribution in [2.24, 2.45) is 11.8 Å². The third-order valence-corrected chi connectivity index (χ3v) is 3.83. The van der Waals surface area contributed by atoms with Gasteiger partial charge in [0, 0.05) is 38.0 Å². The average molecular weight is 292 g/mol. The summed E-state index contributed by atoms with van der Waals surface area (Å²) in [7, 11) is 1.69. The van der Waals surface area contributed by atoms with Gasteiger partial charge >= 0.3 is 0 Å². The lowest BCUT2D eigenvalue weighted by atomic mass is 9.96. The molecule has 1 fully saturated rings. The lowest BCUT2D eigenvalue weighted by molar-refractivity contribution is -0.125. The minimum Gasteiger partial charge on any atom is -0.359 e. The number of nitrogens with one attached hydrogen (secondary N) is 2. The van der Waals surface area contributed by atoms with Gasteiger partial charge in [0.25, 0.3) is 0 Å². The van der Waals surface area contributed by atoms with Gasteiger partial charge in [-0.1, -0.05) is 13.8 Å². The molecule has 0 spiro atoms. The highest BCUT2D eigenvalue weighted by molar-refractivity contribution is 5.78. The summed E-state index contributed by atoms with van der Waals surface area (Å²) in [5, 5.41) is 2.72. The van der Waals surface area contributed by atoms with Crippen molar-refractivity contribution in [2.45, 2.75) is 32.6 Å². The zero-order chi connectivity index (χ0) is 15.4. The monoisotopic (exact) mass is 292 g/mol. The standard InChI is InChI=1S/C14H24N6O/c1-9(2)13-17-11(19-15)8-12(18-13)20-6-4-10(5-7-20)14(21)16-3/h8-10H,4-7,15H2,1-3H3,(H,16,21)(H,17,18,19). The second-order valence-electron chi connectivity index (χ2n) is 5.64. The second-order valence-corrected chi connectivity index (χ2v) is 5.64. The third kappa shape index (κ3) is 3.60. The van der Waals surface area contributed by atoms with Crippen LogP contribution in [-0.4, -0.2) is 36.0 Å². The second kappa shape index (κ2) is 6.71. The van der Waals surface area contributed by atoms with Crippen LogP contribution in [0, 0.1) is 5.92 Å². The van der Waals surface area contributed by atoms with Gasteiger partial charge in [-0.3, -0.25) is 4.79 Å². The van der Waals surface area contributed by atoms with Gasteiger partial charge in [0.2, 0.25) is 5.91 Å². The molecule has 0 aromatic carbocycles. The number of anilines is 2. The molecular formula is C14H24N6O. The Labute approximate surface area is 125 Å². The summed E-state index contributed by atoms with van der Waals surface area (Å²) in [6, 6.07) is 1.85. The van der Waals surface area contributed by atoms with Crippen LogP contribution in [0.4, 0.5) is 11.6 Å². The Balaban J connectivity index is 2.12. The Bertz CT molecular complexity index is 496.